The summed E-state index contributed by atoms with van der Waals surface area (Å²) < 4.78 is 0. The SMILES string of the molecule is C=C(/C=C\C(=N)c1ccccc1)C(=C)NCCc1c[nH]c2ccc(C)cc12. The molecule has 0 aliphatic heterocycles. The Kier molecular flexibility index (Phi) is 5.72. The number of nitrogens with one attached hydrogen (secondary N) is 3. The molecule has 3 heteroatoms. The lowest BCUT2D eigenvalue weighted by Crippen LogP contribution is -2.16. The second-order valence-electron chi connectivity index (χ2n) is 6.66. The molecule has 0 fully saturated rings. The maximum Gasteiger partial charge on any atom is 0.0612 e. The van der Waals surface area contributed by atoms with Crippen LogP contribution in [0.3, 0.4) is 0 Å². The molecule has 136 valence electrons. The third-order valence-electron chi connectivity index (χ3n) is 4.58. The lowest BCUT2D eigenvalue weighted by Gasteiger charge is -2.09. The van der Waals surface area contributed by atoms with Gasteiger partial charge in [-0.3, -0.25) is 0 Å². The summed E-state index contributed by atoms with van der Waals surface area (Å²) in [6.45, 7) is 11.0. The molecule has 0 spiro atoms. The minimum atomic E-state index is 0.457. The standard InChI is InChI=1S/C24H25N3/c1-17-9-12-24-22(15-17)21(16-27-24)13-14-26-19(3)18(2)10-11-23(25)20-7-5-4-6-8-20/h4-12,15-16,25-27H,2-3,13-14H2,1H3/b11-10-,25-23?. The second kappa shape index (κ2) is 8.37. The number of allylic oxidation sites excluding steroid dienone is 2. The van der Waals surface area contributed by atoms with Gasteiger partial charge in [-0.25, -0.2) is 0 Å². The lowest BCUT2D eigenvalue weighted by molar-refractivity contribution is 0.805. The summed E-state index contributed by atoms with van der Waals surface area (Å²) in [7, 11) is 0. The summed E-state index contributed by atoms with van der Waals surface area (Å²) in [6.07, 6.45) is 6.57. The van der Waals surface area contributed by atoms with E-state index in [1.165, 1.54) is 22.0 Å². The molecule has 0 amide bonds. The number of aryl methyl sites for hydroxylation is 1. The van der Waals surface area contributed by atoms with Gasteiger partial charge in [0.1, 0.15) is 0 Å². The molecule has 0 saturated carbocycles. The van der Waals surface area contributed by atoms with E-state index in [1.807, 2.05) is 36.4 Å². The molecule has 0 atom stereocenters. The van der Waals surface area contributed by atoms with Gasteiger partial charge in [-0.05, 0) is 48.3 Å². The van der Waals surface area contributed by atoms with Gasteiger partial charge in [0.2, 0.25) is 0 Å². The highest BCUT2D eigenvalue weighted by Crippen LogP contribution is 2.20. The van der Waals surface area contributed by atoms with Crippen LogP contribution in [0.1, 0.15) is 16.7 Å². The Morgan fingerprint density at radius 2 is 1.89 bits per heavy atom. The van der Waals surface area contributed by atoms with Crippen molar-refractivity contribution in [3.05, 3.63) is 108 Å². The van der Waals surface area contributed by atoms with Crippen molar-refractivity contribution in [3.63, 3.8) is 0 Å². The molecule has 0 aliphatic rings. The number of hydrogen-bond donors (Lipinski definition) is 3. The highest BCUT2D eigenvalue weighted by molar-refractivity contribution is 6.06. The fraction of sp³-hybridized carbons (Fsp3) is 0.125. The molecule has 0 radical (unpaired) electrons. The molecule has 27 heavy (non-hydrogen) atoms. The van der Waals surface area contributed by atoms with Crippen molar-refractivity contribution in [1.82, 2.24) is 10.3 Å². The Bertz CT molecular complexity index is 1010. The quantitative estimate of drug-likeness (QED) is 0.372. The first kappa shape index (κ1) is 18.5. The van der Waals surface area contributed by atoms with Crippen molar-refractivity contribution in [2.75, 3.05) is 6.54 Å². The van der Waals surface area contributed by atoms with E-state index in [0.717, 1.165) is 29.8 Å². The number of aromatic amines is 1. The maximum atomic E-state index is 8.11. The molecule has 2 aromatic carbocycles. The molecule has 3 aromatic rings. The van der Waals surface area contributed by atoms with Gasteiger partial charge < -0.3 is 15.7 Å². The van der Waals surface area contributed by atoms with Gasteiger partial charge in [-0.1, -0.05) is 61.2 Å². The molecule has 0 aliphatic carbocycles. The molecule has 3 N–H and O–H groups in total. The van der Waals surface area contributed by atoms with Crippen LogP contribution >= 0.6 is 0 Å². The van der Waals surface area contributed by atoms with E-state index in [-0.39, 0.29) is 0 Å². The first-order valence-electron chi connectivity index (χ1n) is 9.05. The Morgan fingerprint density at radius 3 is 2.67 bits per heavy atom. The molecular weight excluding hydrogens is 330 g/mol. The molecule has 1 aromatic heterocycles. The summed E-state index contributed by atoms with van der Waals surface area (Å²) >= 11 is 0. The van der Waals surface area contributed by atoms with Gasteiger partial charge in [-0.15, -0.1) is 0 Å². The lowest BCUT2D eigenvalue weighted by atomic mass is 10.1. The van der Waals surface area contributed by atoms with Crippen molar-refractivity contribution < 1.29 is 0 Å². The minimum absolute atomic E-state index is 0.457. The normalized spacial score (nSPS) is 11.0. The molecule has 3 rings (SSSR count). The van der Waals surface area contributed by atoms with Crippen LogP contribution < -0.4 is 5.32 Å². The third-order valence-corrected chi connectivity index (χ3v) is 4.58. The van der Waals surface area contributed by atoms with E-state index in [2.05, 4.69) is 54.8 Å². The zero-order chi connectivity index (χ0) is 19.2. The first-order valence-corrected chi connectivity index (χ1v) is 9.05. The predicted molar refractivity (Wildman–Crippen MR) is 115 cm³/mol. The summed E-state index contributed by atoms with van der Waals surface area (Å²) in [5, 5.41) is 12.7. The summed E-state index contributed by atoms with van der Waals surface area (Å²) in [6, 6.07) is 16.1. The average Bonchev–Trinajstić information content (AvgIpc) is 3.08. The zero-order valence-corrected chi connectivity index (χ0v) is 15.7. The van der Waals surface area contributed by atoms with Gasteiger partial charge in [0.05, 0.1) is 5.71 Å². The Labute approximate surface area is 160 Å². The largest absolute Gasteiger partial charge is 0.385 e. The molecule has 3 nitrogen and oxygen atoms in total. The number of benzene rings is 2. The summed E-state index contributed by atoms with van der Waals surface area (Å²) in [5.41, 5.74) is 6.63. The zero-order valence-electron chi connectivity index (χ0n) is 15.7. The monoisotopic (exact) mass is 355 g/mol. The van der Waals surface area contributed by atoms with Crippen molar-refractivity contribution in [3.8, 4) is 0 Å². The number of hydrogen-bond acceptors (Lipinski definition) is 2. The fourth-order valence-electron chi connectivity index (χ4n) is 2.96. The smallest absolute Gasteiger partial charge is 0.0612 e. The van der Waals surface area contributed by atoms with Crippen LogP contribution in [-0.4, -0.2) is 17.2 Å². The number of aromatic nitrogens is 1. The van der Waals surface area contributed by atoms with Crippen LogP contribution in [0.15, 0.2) is 91.3 Å². The Morgan fingerprint density at radius 1 is 1.11 bits per heavy atom. The van der Waals surface area contributed by atoms with Crippen molar-refractivity contribution in [1.29, 1.82) is 5.41 Å². The number of H-pyrrole nitrogens is 1. The van der Waals surface area contributed by atoms with E-state index < -0.39 is 0 Å². The summed E-state index contributed by atoms with van der Waals surface area (Å²) in [5.74, 6) is 0. The van der Waals surface area contributed by atoms with Crippen LogP contribution in [0.2, 0.25) is 0 Å². The molecular formula is C24H25N3. The second-order valence-corrected chi connectivity index (χ2v) is 6.66. The Hall–Kier alpha value is -3.33. The fourth-order valence-corrected chi connectivity index (χ4v) is 2.96. The van der Waals surface area contributed by atoms with E-state index in [4.69, 9.17) is 5.41 Å². The Balaban J connectivity index is 1.52. The van der Waals surface area contributed by atoms with Crippen LogP contribution in [0.4, 0.5) is 0 Å². The van der Waals surface area contributed by atoms with Gasteiger partial charge in [-0.2, -0.15) is 0 Å². The highest BCUT2D eigenvalue weighted by atomic mass is 14.9. The van der Waals surface area contributed by atoms with E-state index in [0.29, 0.717) is 5.71 Å². The van der Waals surface area contributed by atoms with Gasteiger partial charge in [0.25, 0.3) is 0 Å². The highest BCUT2D eigenvalue weighted by Gasteiger charge is 2.04. The first-order chi connectivity index (χ1) is 13.0. The van der Waals surface area contributed by atoms with Gasteiger partial charge in [0.15, 0.2) is 0 Å². The molecule has 0 saturated heterocycles. The van der Waals surface area contributed by atoms with E-state index in [1.54, 1.807) is 6.08 Å². The number of fused-ring (bicyclic) bond motifs is 1. The van der Waals surface area contributed by atoms with Crippen LogP contribution in [-0.2, 0) is 6.42 Å². The topological polar surface area (TPSA) is 51.7 Å². The average molecular weight is 355 g/mol. The maximum absolute atomic E-state index is 8.11. The van der Waals surface area contributed by atoms with Crippen molar-refractivity contribution in [2.24, 2.45) is 0 Å². The van der Waals surface area contributed by atoms with E-state index >= 15 is 0 Å². The predicted octanol–water partition coefficient (Wildman–Crippen LogP) is 5.30. The van der Waals surface area contributed by atoms with Crippen LogP contribution in [0, 0.1) is 12.3 Å². The van der Waals surface area contributed by atoms with Crippen LogP contribution in [0.25, 0.3) is 10.9 Å². The minimum Gasteiger partial charge on any atom is -0.385 e. The molecule has 1 heterocycles. The number of rotatable bonds is 8. The molecule has 0 bridgehead atoms. The van der Waals surface area contributed by atoms with Gasteiger partial charge in [0, 0.05) is 29.3 Å². The third kappa shape index (κ3) is 4.64. The summed E-state index contributed by atoms with van der Waals surface area (Å²) in [4.78, 5) is 3.32. The van der Waals surface area contributed by atoms with Gasteiger partial charge >= 0.3 is 0 Å². The van der Waals surface area contributed by atoms with Crippen molar-refractivity contribution >= 4 is 16.6 Å². The molecule has 0 unspecified atom stereocenters. The van der Waals surface area contributed by atoms with Crippen molar-refractivity contribution in [2.45, 2.75) is 13.3 Å². The van der Waals surface area contributed by atoms with E-state index in [9.17, 15) is 0 Å². The van der Waals surface area contributed by atoms with Crippen LogP contribution in [0.5, 0.6) is 0 Å².